The largest absolute Gasteiger partial charge is 0.381 e. The topological polar surface area (TPSA) is 164 Å². The Labute approximate surface area is 736 Å². The zero-order valence-corrected chi connectivity index (χ0v) is 77.5. The molecule has 0 bridgehead atoms. The van der Waals surface area contributed by atoms with Gasteiger partial charge in [0.1, 0.15) is 22.4 Å². The van der Waals surface area contributed by atoms with Gasteiger partial charge in [0.05, 0.1) is 19.6 Å². The molecule has 9 aromatic rings. The van der Waals surface area contributed by atoms with Crippen molar-refractivity contribution in [1.29, 1.82) is 0 Å². The van der Waals surface area contributed by atoms with Gasteiger partial charge in [-0.3, -0.25) is 24.1 Å². The second kappa shape index (κ2) is 49.9. The number of ketones is 4. The molecule has 3 aliphatic rings. The third-order valence-corrected chi connectivity index (χ3v) is 18.1. The minimum Gasteiger partial charge on any atom is -0.381 e. The molecule has 0 aliphatic carbocycles. The molecule has 0 spiro atoms. The number of aryl methyl sites for hydroxylation is 5. The number of anilines is 2. The van der Waals surface area contributed by atoms with E-state index in [2.05, 4.69) is 81.4 Å². The first-order chi connectivity index (χ1) is 48.8. The van der Waals surface area contributed by atoms with Gasteiger partial charge in [-0.1, -0.05) is 162 Å². The Hall–Kier alpha value is -4.20. The molecular weight excluding hydrogens is 1620 g/mol. The molecule has 16 heteroatoms. The number of aliphatic hydroxyl groups is 4. The van der Waals surface area contributed by atoms with E-state index in [1.807, 2.05) is 227 Å². The Bertz CT molecular complexity index is 4040. The summed E-state index contributed by atoms with van der Waals surface area (Å²) in [5.74, 6) is -0.631. The first-order valence-corrected chi connectivity index (χ1v) is 36.7. The quantitative estimate of drug-likeness (QED) is 0.0537. The van der Waals surface area contributed by atoms with Gasteiger partial charge in [0.25, 0.3) is 0 Å². The van der Waals surface area contributed by atoms with E-state index in [0.717, 1.165) is 119 Å². The number of para-hydroxylation sites is 3. The Morgan fingerprint density at radius 3 is 1.10 bits per heavy atom. The molecule has 558 valence electrons. The van der Waals surface area contributed by atoms with Crippen molar-refractivity contribution in [2.45, 2.75) is 198 Å². The SMILES string of the molecule is CC.CC.CC.CC.Cc1[c-]cc(CC(=O)[C@@](C)(O)CN2CCCc3ccccc32)cc1.Cc1[c-]cc(CC(=O)[C@@](C)(O)CN2CCc3ccccc32)cc1.Cc1[c-]cc(CC(=O)[C@@](C)(O)CN2CCc3ccccc3C2)cc1.Cc1[c-]cc(CC(=O)[C@@](C)(O)Cn2ccc3ccccc32)cc1.[Y].[Y].[Y].[Y]. The van der Waals surface area contributed by atoms with Gasteiger partial charge in [0.15, 0.2) is 23.1 Å². The van der Waals surface area contributed by atoms with Crippen LogP contribution in [0.25, 0.3) is 10.9 Å². The molecule has 8 aromatic carbocycles. The fourth-order valence-electron chi connectivity index (χ4n) is 12.3. The third-order valence-electron chi connectivity index (χ3n) is 18.1. The van der Waals surface area contributed by atoms with E-state index < -0.39 is 22.4 Å². The van der Waals surface area contributed by atoms with E-state index in [1.54, 1.807) is 27.7 Å². The molecule has 0 unspecified atom stereocenters. The molecule has 3 aliphatic heterocycles. The molecule has 4 heterocycles. The number of hydrogen-bond acceptors (Lipinski definition) is 11. The molecule has 4 radical (unpaired) electrons. The number of nitrogens with zero attached hydrogens (tertiary/aromatic N) is 4. The van der Waals surface area contributed by atoms with Gasteiger partial charge in [-0.25, -0.2) is 0 Å². The number of carbonyl (C=O) groups is 4. The van der Waals surface area contributed by atoms with Crippen molar-refractivity contribution in [3.8, 4) is 0 Å². The Morgan fingerprint density at radius 2 is 0.698 bits per heavy atom. The summed E-state index contributed by atoms with van der Waals surface area (Å²) < 4.78 is 1.93. The van der Waals surface area contributed by atoms with Crippen LogP contribution in [0.2, 0.25) is 0 Å². The average Bonchev–Trinajstić information content (AvgIpc) is 1.68. The Kier molecular flexibility index (Phi) is 47.0. The average molecular weight is 1740 g/mol. The van der Waals surface area contributed by atoms with Crippen LogP contribution in [0.1, 0.15) is 156 Å². The van der Waals surface area contributed by atoms with Crippen LogP contribution in [0.3, 0.4) is 0 Å². The summed E-state index contributed by atoms with van der Waals surface area (Å²) in [6.45, 7) is 35.0. The number of hydrogen-bond donors (Lipinski definition) is 4. The molecule has 0 saturated carbocycles. The van der Waals surface area contributed by atoms with Crippen molar-refractivity contribution in [3.05, 3.63) is 273 Å². The molecule has 1 aromatic heterocycles. The zero-order valence-electron chi connectivity index (χ0n) is 66.2. The predicted molar refractivity (Wildman–Crippen MR) is 419 cm³/mol. The summed E-state index contributed by atoms with van der Waals surface area (Å²) in [7, 11) is 0. The molecule has 12 rings (SSSR count). The van der Waals surface area contributed by atoms with Gasteiger partial charge in [-0.15, -0.1) is 22.3 Å². The van der Waals surface area contributed by atoms with Crippen molar-refractivity contribution < 1.29 is 170 Å². The van der Waals surface area contributed by atoms with Crippen molar-refractivity contribution in [3.63, 3.8) is 0 Å². The van der Waals surface area contributed by atoms with Gasteiger partial charge in [0.2, 0.25) is 0 Å². The fourth-order valence-corrected chi connectivity index (χ4v) is 12.3. The minimum absolute atomic E-state index is 0. The maximum atomic E-state index is 12.6. The summed E-state index contributed by atoms with van der Waals surface area (Å²) in [4.78, 5) is 56.6. The van der Waals surface area contributed by atoms with Crippen LogP contribution < -0.4 is 9.80 Å². The molecular formula is C90H114N4O8Y4-4. The maximum Gasteiger partial charge on any atom is 0.158 e. The second-order valence-electron chi connectivity index (χ2n) is 26.7. The predicted octanol–water partition coefficient (Wildman–Crippen LogP) is 16.0. The molecule has 0 saturated heterocycles. The van der Waals surface area contributed by atoms with Crippen molar-refractivity contribution in [2.24, 2.45) is 0 Å². The van der Waals surface area contributed by atoms with E-state index in [0.29, 0.717) is 19.6 Å². The standard InChI is InChI=1S/2C21H24NO2.C20H22NO2.C20H20NO2.4C2H6.4Y/c1-16-9-11-17(12-10-16)14-20(23)21(2,24)15-22-13-5-7-18-6-3-4-8-19(18)22;1-16-7-9-17(10-8-16)13-20(23)21(2,24)15-22-12-11-18-5-3-4-6-19(18)14-22;2*1-15-7-9-16(10-8-15)13-19(22)20(2,23)14-21-12-11-17-5-3-4-6-18(17)21;4*1-2;;;;/h3-4,6,8-9,11-12,24H,5,7,13-15H2,1-2H3;3-7,9-10,24H,11-15H2,1-2H3;3-7,9-10,23H,11-14H2,1-2H3;3-7,9-12,23H,13-14H2,1-2H3;4*1-2H3;;;;/q4*-1;;;;;;;;/t2*21-;2*20-;;;;;;;;/m0000......../s1. The van der Waals surface area contributed by atoms with Crippen LogP contribution in [0.15, 0.2) is 182 Å². The number of Topliss-reactive ketones (excluding diaryl/α,β-unsaturated/α-hetero) is 4. The monoisotopic (exact) mass is 1730 g/mol. The van der Waals surface area contributed by atoms with Crippen LogP contribution in [-0.2, 0) is 208 Å². The van der Waals surface area contributed by atoms with Gasteiger partial charge in [0, 0.05) is 187 Å². The van der Waals surface area contributed by atoms with E-state index in [1.165, 1.54) is 22.3 Å². The number of β-amino-alcohol motifs (C(OH)–C–C–N with tert-alkyl or cyclic N) is 3. The number of rotatable bonds is 20. The molecule has 0 amide bonds. The van der Waals surface area contributed by atoms with Gasteiger partial charge >= 0.3 is 0 Å². The van der Waals surface area contributed by atoms with Crippen LogP contribution in [-0.4, -0.2) is 115 Å². The van der Waals surface area contributed by atoms with Crippen LogP contribution in [0, 0.1) is 52.0 Å². The third kappa shape index (κ3) is 31.2. The summed E-state index contributed by atoms with van der Waals surface area (Å²) in [5.41, 5.74) is 10.8. The summed E-state index contributed by atoms with van der Waals surface area (Å²) >= 11 is 0. The van der Waals surface area contributed by atoms with Gasteiger partial charge in [-0.2, -0.15) is 119 Å². The molecule has 4 atom stereocenters. The minimum atomic E-state index is -1.41. The number of benzene rings is 8. The van der Waals surface area contributed by atoms with Crippen LogP contribution in [0.5, 0.6) is 0 Å². The zero-order chi connectivity index (χ0) is 75.2. The molecule has 0 fully saturated rings. The normalized spacial score (nSPS) is 14.3. The summed E-state index contributed by atoms with van der Waals surface area (Å²) in [6, 6.07) is 69.9. The van der Waals surface area contributed by atoms with E-state index in [9.17, 15) is 39.6 Å². The maximum absolute atomic E-state index is 12.6. The smallest absolute Gasteiger partial charge is 0.158 e. The van der Waals surface area contributed by atoms with E-state index in [-0.39, 0.29) is 186 Å². The number of carbonyl (C=O) groups excluding carboxylic acids is 4. The van der Waals surface area contributed by atoms with E-state index >= 15 is 0 Å². The molecule has 4 N–H and O–H groups in total. The first kappa shape index (κ1) is 99.8. The van der Waals surface area contributed by atoms with Gasteiger partial charge < -0.3 is 34.8 Å². The first-order valence-electron chi connectivity index (χ1n) is 36.7. The van der Waals surface area contributed by atoms with Crippen LogP contribution in [0.4, 0.5) is 11.4 Å². The number of aromatic nitrogens is 1. The van der Waals surface area contributed by atoms with Crippen LogP contribution >= 0.6 is 0 Å². The Morgan fingerprint density at radius 1 is 0.368 bits per heavy atom. The van der Waals surface area contributed by atoms with Gasteiger partial charge in [-0.05, 0) is 131 Å². The van der Waals surface area contributed by atoms with Crippen molar-refractivity contribution >= 4 is 45.4 Å². The summed E-state index contributed by atoms with van der Waals surface area (Å²) in [6.07, 6.45) is 6.87. The van der Waals surface area contributed by atoms with E-state index in [4.69, 9.17) is 0 Å². The number of fused-ring (bicyclic) bond motifs is 4. The van der Waals surface area contributed by atoms with Crippen molar-refractivity contribution in [1.82, 2.24) is 9.47 Å². The molecule has 106 heavy (non-hydrogen) atoms. The summed E-state index contributed by atoms with van der Waals surface area (Å²) in [5, 5.41) is 43.9. The fraction of sp³-hybridized carbons (Fsp3) is 0.400. The second-order valence-corrected chi connectivity index (χ2v) is 26.7. The molecule has 12 nitrogen and oxygen atoms in total. The van der Waals surface area contributed by atoms with Crippen molar-refractivity contribution in [2.75, 3.05) is 49.1 Å². The Balaban J connectivity index is 0.000000676.